The van der Waals surface area contributed by atoms with Crippen LogP contribution < -0.4 is 5.32 Å². The van der Waals surface area contributed by atoms with Crippen molar-refractivity contribution >= 4 is 11.9 Å². The number of aliphatic carboxylic acids is 1. The lowest BCUT2D eigenvalue weighted by atomic mass is 9.84. The van der Waals surface area contributed by atoms with Gasteiger partial charge in [-0.15, -0.1) is 0 Å². The van der Waals surface area contributed by atoms with E-state index in [9.17, 15) is 9.59 Å². The zero-order valence-corrected chi connectivity index (χ0v) is 17.9. The topological polar surface area (TPSA) is 95.9 Å². The van der Waals surface area contributed by atoms with Crippen molar-refractivity contribution in [3.05, 3.63) is 0 Å². The number of hydrogen-bond donors (Lipinski definition) is 3. The minimum atomic E-state index is -0.967. The van der Waals surface area contributed by atoms with E-state index in [2.05, 4.69) is 33.0 Å². The molecule has 6 nitrogen and oxygen atoms in total. The Morgan fingerprint density at radius 2 is 1.96 bits per heavy atom. The van der Waals surface area contributed by atoms with Crippen molar-refractivity contribution in [1.29, 1.82) is 0 Å². The van der Waals surface area contributed by atoms with Gasteiger partial charge in [0.2, 0.25) is 0 Å². The van der Waals surface area contributed by atoms with Crippen molar-refractivity contribution in [3.8, 4) is 0 Å². The number of aliphatic hydroxyl groups is 1. The zero-order chi connectivity index (χ0) is 20.9. The fraction of sp³-hybridized carbons (Fsp3) is 0.905. The average molecular weight is 388 g/mol. The van der Waals surface area contributed by atoms with Crippen LogP contribution in [0.15, 0.2) is 0 Å². The monoisotopic (exact) mass is 387 g/mol. The molecular weight excluding hydrogens is 346 g/mol. The molecule has 1 saturated heterocycles. The fourth-order valence-corrected chi connectivity index (χ4v) is 2.84. The van der Waals surface area contributed by atoms with E-state index < -0.39 is 11.9 Å². The molecule has 1 aliphatic rings. The van der Waals surface area contributed by atoms with Gasteiger partial charge >= 0.3 is 11.9 Å². The summed E-state index contributed by atoms with van der Waals surface area (Å²) in [5.41, 5.74) is 0.495. The number of piperidine rings is 1. The molecule has 0 spiro atoms. The van der Waals surface area contributed by atoms with Gasteiger partial charge in [-0.3, -0.25) is 9.59 Å². The van der Waals surface area contributed by atoms with E-state index in [-0.39, 0.29) is 18.9 Å². The van der Waals surface area contributed by atoms with Crippen LogP contribution in [-0.4, -0.2) is 47.4 Å². The maximum Gasteiger partial charge on any atom is 0.306 e. The van der Waals surface area contributed by atoms with E-state index in [0.29, 0.717) is 24.0 Å². The van der Waals surface area contributed by atoms with Crippen LogP contribution in [0.2, 0.25) is 0 Å². The molecule has 3 N–H and O–H groups in total. The Kier molecular flexibility index (Phi) is 13.4. The molecule has 27 heavy (non-hydrogen) atoms. The highest BCUT2D eigenvalue weighted by Crippen LogP contribution is 2.27. The minimum Gasteiger partial charge on any atom is -0.481 e. The summed E-state index contributed by atoms with van der Waals surface area (Å²) in [5.74, 6) is -0.889. The van der Waals surface area contributed by atoms with Crippen molar-refractivity contribution in [1.82, 2.24) is 5.32 Å². The summed E-state index contributed by atoms with van der Waals surface area (Å²) in [7, 11) is 0. The van der Waals surface area contributed by atoms with Crippen molar-refractivity contribution < 1.29 is 24.5 Å². The van der Waals surface area contributed by atoms with Crippen molar-refractivity contribution in [2.75, 3.05) is 13.2 Å². The fourth-order valence-electron chi connectivity index (χ4n) is 2.84. The molecule has 0 bridgehead atoms. The van der Waals surface area contributed by atoms with Crippen LogP contribution in [0.4, 0.5) is 0 Å². The highest BCUT2D eigenvalue weighted by Gasteiger charge is 2.21. The number of carbonyl (C=O) groups is 2. The Hall–Kier alpha value is -1.14. The van der Waals surface area contributed by atoms with Gasteiger partial charge in [-0.2, -0.15) is 0 Å². The van der Waals surface area contributed by atoms with Gasteiger partial charge in [0.25, 0.3) is 0 Å². The summed E-state index contributed by atoms with van der Waals surface area (Å²) >= 11 is 0. The first-order chi connectivity index (χ1) is 12.6. The molecule has 6 heteroatoms. The number of nitrogens with one attached hydrogen (secondary N) is 1. The van der Waals surface area contributed by atoms with E-state index in [4.69, 9.17) is 14.9 Å². The predicted molar refractivity (Wildman–Crippen MR) is 108 cm³/mol. The predicted octanol–water partition coefficient (Wildman–Crippen LogP) is 3.76. The Morgan fingerprint density at radius 1 is 1.30 bits per heavy atom. The van der Waals surface area contributed by atoms with Gasteiger partial charge in [0.05, 0.1) is 12.8 Å². The second-order valence-electron chi connectivity index (χ2n) is 8.58. The molecule has 0 aromatic carbocycles. The third-order valence-corrected chi connectivity index (χ3v) is 5.24. The maximum atomic E-state index is 11.2. The first kappa shape index (κ1) is 25.9. The third-order valence-electron chi connectivity index (χ3n) is 5.24. The number of esters is 1. The highest BCUT2D eigenvalue weighted by atomic mass is 16.5. The molecule has 1 fully saturated rings. The Morgan fingerprint density at radius 3 is 2.48 bits per heavy atom. The first-order valence-corrected chi connectivity index (χ1v) is 10.3. The number of hydrogen-bond acceptors (Lipinski definition) is 5. The number of ether oxygens (including phenoxy) is 1. The molecule has 0 amide bonds. The Bertz CT molecular complexity index is 425. The van der Waals surface area contributed by atoms with E-state index in [1.807, 2.05) is 6.92 Å². The van der Waals surface area contributed by atoms with Gasteiger partial charge < -0.3 is 20.3 Å². The van der Waals surface area contributed by atoms with Crippen LogP contribution in [0.5, 0.6) is 0 Å². The van der Waals surface area contributed by atoms with Gasteiger partial charge in [-0.25, -0.2) is 0 Å². The van der Waals surface area contributed by atoms with Crippen LogP contribution in [0.3, 0.4) is 0 Å². The first-order valence-electron chi connectivity index (χ1n) is 10.3. The summed E-state index contributed by atoms with van der Waals surface area (Å²) in [6.07, 6.45) is 6.33. The number of carboxylic acids is 1. The Balaban J connectivity index is 0.000000516. The summed E-state index contributed by atoms with van der Waals surface area (Å²) in [4.78, 5) is 21.4. The standard InChI is InChI=1S/C11H24O.C10H17NO4/c1-5-11(3,4)8-6-7-10(2)9-12;1-7-6-8(4-5-11-7)15-10(14)3-2-9(12)13/h10,12H,5-9H2,1-4H3;7-8,11H,2-6H2,1H3,(H,12,13). The average Bonchev–Trinajstić information content (AvgIpc) is 2.60. The van der Waals surface area contributed by atoms with Crippen molar-refractivity contribution in [2.45, 2.75) is 98.1 Å². The molecule has 0 aromatic heterocycles. The van der Waals surface area contributed by atoms with Gasteiger partial charge in [0.1, 0.15) is 6.10 Å². The molecule has 0 aliphatic carbocycles. The van der Waals surface area contributed by atoms with E-state index in [0.717, 1.165) is 19.4 Å². The second kappa shape index (κ2) is 13.9. The van der Waals surface area contributed by atoms with Crippen LogP contribution in [0.1, 0.15) is 86.0 Å². The summed E-state index contributed by atoms with van der Waals surface area (Å²) in [5, 5.41) is 20.5. The van der Waals surface area contributed by atoms with Gasteiger partial charge in [0.15, 0.2) is 0 Å². The molecule has 1 heterocycles. The molecule has 160 valence electrons. The summed E-state index contributed by atoms with van der Waals surface area (Å²) in [6.45, 7) is 12.2. The Labute approximate surface area is 165 Å². The van der Waals surface area contributed by atoms with Crippen LogP contribution in [0.25, 0.3) is 0 Å². The lowest BCUT2D eigenvalue weighted by Crippen LogP contribution is -2.40. The van der Waals surface area contributed by atoms with Gasteiger partial charge in [-0.05, 0) is 50.5 Å². The summed E-state index contributed by atoms with van der Waals surface area (Å²) < 4.78 is 5.17. The van der Waals surface area contributed by atoms with Crippen LogP contribution in [-0.2, 0) is 14.3 Å². The van der Waals surface area contributed by atoms with Crippen molar-refractivity contribution in [2.24, 2.45) is 11.3 Å². The molecule has 3 unspecified atom stereocenters. The molecule has 0 saturated carbocycles. The molecular formula is C21H41NO5. The molecule has 1 aliphatic heterocycles. The van der Waals surface area contributed by atoms with E-state index in [1.54, 1.807) is 0 Å². The number of rotatable bonds is 10. The van der Waals surface area contributed by atoms with E-state index >= 15 is 0 Å². The normalized spacial score (nSPS) is 21.0. The zero-order valence-electron chi connectivity index (χ0n) is 17.9. The SMILES string of the molecule is CC1CC(OC(=O)CCC(=O)O)CCN1.CCC(C)(C)CCCC(C)CO. The lowest BCUT2D eigenvalue weighted by molar-refractivity contribution is -0.153. The molecule has 0 aromatic rings. The summed E-state index contributed by atoms with van der Waals surface area (Å²) in [6, 6.07) is 0.357. The number of carbonyl (C=O) groups excluding carboxylic acids is 1. The minimum absolute atomic E-state index is 0.0341. The second-order valence-corrected chi connectivity index (χ2v) is 8.58. The van der Waals surface area contributed by atoms with Gasteiger partial charge in [-0.1, -0.05) is 40.5 Å². The lowest BCUT2D eigenvalue weighted by Gasteiger charge is -2.27. The number of carboxylic acid groups (broad SMARTS) is 1. The van der Waals surface area contributed by atoms with Crippen LogP contribution >= 0.6 is 0 Å². The largest absolute Gasteiger partial charge is 0.481 e. The molecule has 3 atom stereocenters. The molecule has 0 radical (unpaired) electrons. The smallest absolute Gasteiger partial charge is 0.306 e. The van der Waals surface area contributed by atoms with Gasteiger partial charge in [0, 0.05) is 12.6 Å². The quantitative estimate of drug-likeness (QED) is 0.494. The number of aliphatic hydroxyl groups excluding tert-OH is 1. The van der Waals surface area contributed by atoms with Crippen LogP contribution in [0, 0.1) is 11.3 Å². The molecule has 1 rings (SSSR count). The van der Waals surface area contributed by atoms with Crippen molar-refractivity contribution in [3.63, 3.8) is 0 Å². The maximum absolute atomic E-state index is 11.2. The van der Waals surface area contributed by atoms with E-state index in [1.165, 1.54) is 25.7 Å². The third kappa shape index (κ3) is 14.6. The highest BCUT2D eigenvalue weighted by molar-refractivity contribution is 5.76.